The maximum atomic E-state index is 11.0. The van der Waals surface area contributed by atoms with Gasteiger partial charge in [0.15, 0.2) is 6.61 Å². The summed E-state index contributed by atoms with van der Waals surface area (Å²) >= 11 is 0. The lowest BCUT2D eigenvalue weighted by Gasteiger charge is -2.24. The number of rotatable bonds is 8. The summed E-state index contributed by atoms with van der Waals surface area (Å²) in [5, 5.41) is 12.0. The molecular formula is C16H22N2O3. The molecule has 0 aliphatic carbocycles. The van der Waals surface area contributed by atoms with Gasteiger partial charge in [-0.15, -0.1) is 0 Å². The molecule has 5 heteroatoms. The molecule has 0 radical (unpaired) electrons. The summed E-state index contributed by atoms with van der Waals surface area (Å²) in [7, 11) is 1.33. The molecule has 1 N–H and O–H groups in total. The lowest BCUT2D eigenvalue weighted by Crippen LogP contribution is -2.22. The van der Waals surface area contributed by atoms with Gasteiger partial charge in [0.05, 0.1) is 13.2 Å². The predicted molar refractivity (Wildman–Crippen MR) is 81.1 cm³/mol. The van der Waals surface area contributed by atoms with E-state index in [0.29, 0.717) is 12.2 Å². The standard InChI is InChI=1S/C16H22N2O3/c1-16(2,9-4-10-17)12-18-13-5-7-14(8-6-13)21-11-15(19)20-3/h5-8,18H,4,9,11-12H2,1-3H3. The zero-order chi connectivity index (χ0) is 15.7. The van der Waals surface area contributed by atoms with Crippen LogP contribution in [0.25, 0.3) is 0 Å². The van der Waals surface area contributed by atoms with Crippen LogP contribution in [-0.4, -0.2) is 26.2 Å². The number of esters is 1. The van der Waals surface area contributed by atoms with Crippen molar-refractivity contribution in [2.24, 2.45) is 5.41 Å². The number of hydrogen-bond donors (Lipinski definition) is 1. The van der Waals surface area contributed by atoms with Crippen LogP contribution in [0.3, 0.4) is 0 Å². The van der Waals surface area contributed by atoms with Gasteiger partial charge in [-0.1, -0.05) is 13.8 Å². The van der Waals surface area contributed by atoms with E-state index in [-0.39, 0.29) is 12.0 Å². The Morgan fingerprint density at radius 1 is 1.33 bits per heavy atom. The third-order valence-corrected chi connectivity index (χ3v) is 3.12. The molecule has 114 valence electrons. The highest BCUT2D eigenvalue weighted by molar-refractivity contribution is 5.70. The maximum absolute atomic E-state index is 11.0. The highest BCUT2D eigenvalue weighted by Gasteiger charge is 2.16. The van der Waals surface area contributed by atoms with Gasteiger partial charge in [-0.2, -0.15) is 5.26 Å². The number of nitrogens with zero attached hydrogens (tertiary/aromatic N) is 1. The second kappa shape index (κ2) is 8.15. The minimum atomic E-state index is -0.406. The average Bonchev–Trinajstić information content (AvgIpc) is 2.49. The molecule has 0 spiro atoms. The summed E-state index contributed by atoms with van der Waals surface area (Å²) in [5.41, 5.74) is 1.04. The third-order valence-electron chi connectivity index (χ3n) is 3.12. The minimum absolute atomic E-state index is 0.0653. The zero-order valence-electron chi connectivity index (χ0n) is 12.8. The maximum Gasteiger partial charge on any atom is 0.343 e. The van der Waals surface area contributed by atoms with Gasteiger partial charge in [0.2, 0.25) is 0 Å². The Labute approximate surface area is 125 Å². The van der Waals surface area contributed by atoms with Crippen LogP contribution in [-0.2, 0) is 9.53 Å². The van der Waals surface area contributed by atoms with Crippen molar-refractivity contribution in [1.82, 2.24) is 0 Å². The van der Waals surface area contributed by atoms with Crippen LogP contribution in [0.2, 0.25) is 0 Å². The number of methoxy groups -OCH3 is 1. The summed E-state index contributed by atoms with van der Waals surface area (Å²) in [4.78, 5) is 11.0. The Balaban J connectivity index is 2.44. The van der Waals surface area contributed by atoms with Crippen molar-refractivity contribution in [2.45, 2.75) is 26.7 Å². The van der Waals surface area contributed by atoms with Gasteiger partial charge in [0.1, 0.15) is 5.75 Å². The number of carbonyl (C=O) groups is 1. The second-order valence-electron chi connectivity index (χ2n) is 5.57. The Bertz CT molecular complexity index is 489. The van der Waals surface area contributed by atoms with Gasteiger partial charge in [-0.3, -0.25) is 0 Å². The van der Waals surface area contributed by atoms with E-state index >= 15 is 0 Å². The molecule has 0 amide bonds. The summed E-state index contributed by atoms with van der Waals surface area (Å²) in [5.74, 6) is 0.214. The highest BCUT2D eigenvalue weighted by atomic mass is 16.6. The molecule has 0 saturated carbocycles. The second-order valence-corrected chi connectivity index (χ2v) is 5.57. The van der Waals surface area contributed by atoms with Gasteiger partial charge >= 0.3 is 5.97 Å². The Morgan fingerprint density at radius 3 is 2.57 bits per heavy atom. The van der Waals surface area contributed by atoms with Crippen molar-refractivity contribution >= 4 is 11.7 Å². The molecule has 5 nitrogen and oxygen atoms in total. The topological polar surface area (TPSA) is 71.3 Å². The van der Waals surface area contributed by atoms with Crippen LogP contribution < -0.4 is 10.1 Å². The van der Waals surface area contributed by atoms with Crippen molar-refractivity contribution in [1.29, 1.82) is 5.26 Å². The van der Waals surface area contributed by atoms with Crippen LogP contribution in [0.4, 0.5) is 5.69 Å². The molecule has 1 aromatic carbocycles. The van der Waals surface area contributed by atoms with Crippen LogP contribution in [0, 0.1) is 16.7 Å². The largest absolute Gasteiger partial charge is 0.482 e. The summed E-state index contributed by atoms with van der Waals surface area (Å²) in [6, 6.07) is 9.57. The summed E-state index contributed by atoms with van der Waals surface area (Å²) in [6.45, 7) is 4.96. The number of benzene rings is 1. The third kappa shape index (κ3) is 6.66. The fourth-order valence-electron chi connectivity index (χ4n) is 1.69. The van der Waals surface area contributed by atoms with Gasteiger partial charge in [0, 0.05) is 18.7 Å². The van der Waals surface area contributed by atoms with E-state index in [2.05, 4.69) is 30.0 Å². The molecule has 0 aliphatic heterocycles. The van der Waals surface area contributed by atoms with E-state index < -0.39 is 5.97 Å². The Kier molecular flexibility index (Phi) is 6.54. The summed E-state index contributed by atoms with van der Waals surface area (Å²) in [6.07, 6.45) is 1.42. The molecule has 0 saturated heterocycles. The molecule has 1 aromatic rings. The molecular weight excluding hydrogens is 268 g/mol. The molecule has 21 heavy (non-hydrogen) atoms. The Hall–Kier alpha value is -2.22. The SMILES string of the molecule is COC(=O)COc1ccc(NCC(C)(C)CCC#N)cc1. The first-order valence-electron chi connectivity index (χ1n) is 6.87. The number of nitriles is 1. The average molecular weight is 290 g/mol. The molecule has 0 unspecified atom stereocenters. The smallest absolute Gasteiger partial charge is 0.343 e. The Morgan fingerprint density at radius 2 is 2.00 bits per heavy atom. The minimum Gasteiger partial charge on any atom is -0.482 e. The number of ether oxygens (including phenoxy) is 2. The molecule has 0 fully saturated rings. The van der Waals surface area contributed by atoms with E-state index in [1.807, 2.05) is 12.1 Å². The molecule has 0 heterocycles. The van der Waals surface area contributed by atoms with Gasteiger partial charge in [0.25, 0.3) is 0 Å². The number of carbonyl (C=O) groups excluding carboxylic acids is 1. The number of hydrogen-bond acceptors (Lipinski definition) is 5. The molecule has 0 aliphatic rings. The van der Waals surface area contributed by atoms with Crippen LogP contribution in [0.15, 0.2) is 24.3 Å². The molecule has 0 atom stereocenters. The van der Waals surface area contributed by atoms with E-state index in [9.17, 15) is 4.79 Å². The van der Waals surface area contributed by atoms with E-state index in [0.717, 1.165) is 18.7 Å². The quantitative estimate of drug-likeness (QED) is 0.745. The number of anilines is 1. The lowest BCUT2D eigenvalue weighted by atomic mass is 9.88. The molecule has 0 aromatic heterocycles. The van der Waals surface area contributed by atoms with Crippen molar-refractivity contribution in [3.63, 3.8) is 0 Å². The normalized spacial score (nSPS) is 10.6. The van der Waals surface area contributed by atoms with Gasteiger partial charge < -0.3 is 14.8 Å². The fourth-order valence-corrected chi connectivity index (χ4v) is 1.69. The van der Waals surface area contributed by atoms with Crippen molar-refractivity contribution in [3.05, 3.63) is 24.3 Å². The monoisotopic (exact) mass is 290 g/mol. The van der Waals surface area contributed by atoms with Gasteiger partial charge in [-0.05, 0) is 36.1 Å². The van der Waals surface area contributed by atoms with E-state index in [4.69, 9.17) is 10.00 Å². The van der Waals surface area contributed by atoms with Crippen molar-refractivity contribution in [3.8, 4) is 11.8 Å². The highest BCUT2D eigenvalue weighted by Crippen LogP contribution is 2.23. The number of nitrogens with one attached hydrogen (secondary N) is 1. The van der Waals surface area contributed by atoms with Crippen LogP contribution in [0.5, 0.6) is 5.75 Å². The van der Waals surface area contributed by atoms with Crippen molar-refractivity contribution < 1.29 is 14.3 Å². The lowest BCUT2D eigenvalue weighted by molar-refractivity contribution is -0.142. The predicted octanol–water partition coefficient (Wildman–Crippen LogP) is 2.98. The molecule has 1 rings (SSSR count). The van der Waals surface area contributed by atoms with E-state index in [1.165, 1.54) is 7.11 Å². The first-order valence-corrected chi connectivity index (χ1v) is 6.87. The fraction of sp³-hybridized carbons (Fsp3) is 0.500. The molecule has 0 bridgehead atoms. The van der Waals surface area contributed by atoms with Crippen LogP contribution in [0.1, 0.15) is 26.7 Å². The first-order chi connectivity index (χ1) is 9.96. The van der Waals surface area contributed by atoms with E-state index in [1.54, 1.807) is 12.1 Å². The van der Waals surface area contributed by atoms with Crippen molar-refractivity contribution in [2.75, 3.05) is 25.6 Å². The zero-order valence-corrected chi connectivity index (χ0v) is 12.8. The summed E-state index contributed by atoms with van der Waals surface area (Å²) < 4.78 is 9.78. The van der Waals surface area contributed by atoms with Crippen LogP contribution >= 0.6 is 0 Å². The first kappa shape index (κ1) is 16.8. The van der Waals surface area contributed by atoms with Gasteiger partial charge in [-0.25, -0.2) is 4.79 Å².